The third-order valence-electron chi connectivity index (χ3n) is 3.41. The van der Waals surface area contributed by atoms with Gasteiger partial charge in [0.05, 0.1) is 19.7 Å². The van der Waals surface area contributed by atoms with Crippen molar-refractivity contribution in [2.75, 3.05) is 5.32 Å². The Morgan fingerprint density at radius 3 is 2.62 bits per heavy atom. The molecule has 0 saturated heterocycles. The van der Waals surface area contributed by atoms with Gasteiger partial charge in [0, 0.05) is 17.2 Å². The van der Waals surface area contributed by atoms with Gasteiger partial charge in [-0.05, 0) is 25.1 Å². The summed E-state index contributed by atoms with van der Waals surface area (Å²) in [5, 5.41) is 14.8. The average molecular weight is 382 g/mol. The topological polar surface area (TPSA) is 85.1 Å². The van der Waals surface area contributed by atoms with E-state index in [-0.39, 0.29) is 16.8 Å². The summed E-state index contributed by atoms with van der Waals surface area (Å²) in [4.78, 5) is 27.1. The van der Waals surface area contributed by atoms with Crippen LogP contribution in [0.15, 0.2) is 30.3 Å². The molecule has 9 heteroatoms. The Bertz CT molecular complexity index is 948. The minimum Gasteiger partial charge on any atom is -0.298 e. The fraction of sp³-hybridized carbons (Fsp3) is 0.0667. The zero-order valence-electron chi connectivity index (χ0n) is 12.2. The van der Waals surface area contributed by atoms with Crippen LogP contribution in [0.25, 0.3) is 10.2 Å². The second kappa shape index (κ2) is 6.35. The van der Waals surface area contributed by atoms with E-state index in [9.17, 15) is 14.9 Å². The molecule has 122 valence electrons. The number of hydrogen-bond acceptors (Lipinski definition) is 5. The summed E-state index contributed by atoms with van der Waals surface area (Å²) in [6.07, 6.45) is 0. The third-order valence-corrected chi connectivity index (χ3v) is 5.15. The molecule has 0 radical (unpaired) electrons. The van der Waals surface area contributed by atoms with Gasteiger partial charge in [-0.15, -0.1) is 0 Å². The second-order valence-electron chi connectivity index (χ2n) is 4.89. The summed E-state index contributed by atoms with van der Waals surface area (Å²) in [5.41, 5.74) is 0.885. The van der Waals surface area contributed by atoms with Crippen molar-refractivity contribution in [3.05, 3.63) is 61.6 Å². The van der Waals surface area contributed by atoms with Crippen LogP contribution in [0, 0.1) is 17.0 Å². The van der Waals surface area contributed by atoms with Crippen LogP contribution in [0.5, 0.6) is 0 Å². The maximum atomic E-state index is 12.4. The van der Waals surface area contributed by atoms with E-state index in [1.165, 1.54) is 36.5 Å². The Labute approximate surface area is 150 Å². The van der Waals surface area contributed by atoms with E-state index in [4.69, 9.17) is 23.2 Å². The van der Waals surface area contributed by atoms with Gasteiger partial charge in [0.1, 0.15) is 5.52 Å². The number of halogens is 2. The molecule has 2 aromatic carbocycles. The number of hydrogen-bond donors (Lipinski definition) is 1. The van der Waals surface area contributed by atoms with Crippen molar-refractivity contribution in [1.82, 2.24) is 4.98 Å². The number of amides is 1. The van der Waals surface area contributed by atoms with Gasteiger partial charge >= 0.3 is 0 Å². The standard InChI is InChI=1S/C15H9Cl2N3O3S/c1-7-8(3-2-4-11(7)20(22)23)14(21)19-15-18-12-9(16)5-6-10(17)13(12)24-15/h2-6H,1H3,(H,18,19,21). The molecule has 3 rings (SSSR count). The number of rotatable bonds is 3. The lowest BCUT2D eigenvalue weighted by Crippen LogP contribution is -2.13. The van der Waals surface area contributed by atoms with Gasteiger partial charge in [-0.2, -0.15) is 0 Å². The van der Waals surface area contributed by atoms with E-state index in [1.807, 2.05) is 0 Å². The minimum atomic E-state index is -0.524. The first-order chi connectivity index (χ1) is 11.4. The number of anilines is 1. The molecular weight excluding hydrogens is 373 g/mol. The Morgan fingerprint density at radius 1 is 1.25 bits per heavy atom. The number of fused-ring (bicyclic) bond motifs is 1. The maximum Gasteiger partial charge on any atom is 0.273 e. The predicted molar refractivity (Wildman–Crippen MR) is 95.4 cm³/mol. The Morgan fingerprint density at radius 2 is 1.96 bits per heavy atom. The molecule has 0 fully saturated rings. The number of nitrogens with one attached hydrogen (secondary N) is 1. The maximum absolute atomic E-state index is 12.4. The summed E-state index contributed by atoms with van der Waals surface area (Å²) >= 11 is 13.4. The number of thiazole rings is 1. The molecule has 1 heterocycles. The highest BCUT2D eigenvalue weighted by Crippen LogP contribution is 2.36. The van der Waals surface area contributed by atoms with Crippen molar-refractivity contribution < 1.29 is 9.72 Å². The van der Waals surface area contributed by atoms with Crippen molar-refractivity contribution in [3.63, 3.8) is 0 Å². The number of nitro benzene ring substituents is 1. The smallest absolute Gasteiger partial charge is 0.273 e. The van der Waals surface area contributed by atoms with Crippen molar-refractivity contribution in [1.29, 1.82) is 0 Å². The van der Waals surface area contributed by atoms with E-state index in [2.05, 4.69) is 10.3 Å². The van der Waals surface area contributed by atoms with E-state index in [0.29, 0.717) is 25.4 Å². The largest absolute Gasteiger partial charge is 0.298 e. The average Bonchev–Trinajstić information content (AvgIpc) is 2.96. The molecule has 0 aliphatic carbocycles. The molecule has 3 aromatic rings. The lowest BCUT2D eigenvalue weighted by molar-refractivity contribution is -0.385. The first-order valence-electron chi connectivity index (χ1n) is 6.68. The molecule has 0 saturated carbocycles. The molecular formula is C15H9Cl2N3O3S. The zero-order chi connectivity index (χ0) is 17.4. The summed E-state index contributed by atoms with van der Waals surface area (Å²) in [6, 6.07) is 7.61. The fourth-order valence-electron chi connectivity index (χ4n) is 2.23. The van der Waals surface area contributed by atoms with Gasteiger partial charge in [0.15, 0.2) is 5.13 Å². The highest BCUT2D eigenvalue weighted by Gasteiger charge is 2.19. The summed E-state index contributed by atoms with van der Waals surface area (Å²) in [7, 11) is 0. The molecule has 1 amide bonds. The number of nitro groups is 1. The lowest BCUT2D eigenvalue weighted by atomic mass is 10.1. The van der Waals surface area contributed by atoms with Crippen LogP contribution in [0.1, 0.15) is 15.9 Å². The van der Waals surface area contributed by atoms with Crippen LogP contribution in [-0.2, 0) is 0 Å². The van der Waals surface area contributed by atoms with Gasteiger partial charge in [0.25, 0.3) is 11.6 Å². The van der Waals surface area contributed by atoms with Gasteiger partial charge in [-0.25, -0.2) is 4.98 Å². The van der Waals surface area contributed by atoms with E-state index >= 15 is 0 Å². The van der Waals surface area contributed by atoms with Crippen molar-refractivity contribution in [2.45, 2.75) is 6.92 Å². The zero-order valence-corrected chi connectivity index (χ0v) is 14.5. The van der Waals surface area contributed by atoms with Crippen LogP contribution in [0.4, 0.5) is 10.8 Å². The number of nitrogens with zero attached hydrogens (tertiary/aromatic N) is 2. The van der Waals surface area contributed by atoms with Crippen LogP contribution >= 0.6 is 34.5 Å². The van der Waals surface area contributed by atoms with Crippen LogP contribution < -0.4 is 5.32 Å². The molecule has 1 aromatic heterocycles. The van der Waals surface area contributed by atoms with Crippen LogP contribution in [0.3, 0.4) is 0 Å². The molecule has 0 bridgehead atoms. The molecule has 1 N–H and O–H groups in total. The van der Waals surface area contributed by atoms with Crippen molar-refractivity contribution in [3.8, 4) is 0 Å². The first kappa shape index (κ1) is 16.6. The molecule has 6 nitrogen and oxygen atoms in total. The fourth-order valence-corrected chi connectivity index (χ4v) is 3.65. The van der Waals surface area contributed by atoms with Gasteiger partial charge in [-0.1, -0.05) is 40.6 Å². The monoisotopic (exact) mass is 381 g/mol. The highest BCUT2D eigenvalue weighted by molar-refractivity contribution is 7.23. The van der Waals surface area contributed by atoms with Gasteiger partial charge in [-0.3, -0.25) is 20.2 Å². The van der Waals surface area contributed by atoms with E-state index < -0.39 is 10.8 Å². The molecule has 0 unspecified atom stereocenters. The van der Waals surface area contributed by atoms with E-state index in [0.717, 1.165) is 0 Å². The number of benzene rings is 2. The Kier molecular flexibility index (Phi) is 4.40. The molecule has 0 aliphatic heterocycles. The van der Waals surface area contributed by atoms with Crippen LogP contribution in [0.2, 0.25) is 10.0 Å². The summed E-state index contributed by atoms with van der Waals surface area (Å²) < 4.78 is 0.662. The SMILES string of the molecule is Cc1c(C(=O)Nc2nc3c(Cl)ccc(Cl)c3s2)cccc1[N+](=O)[O-]. The van der Waals surface area contributed by atoms with E-state index in [1.54, 1.807) is 12.1 Å². The van der Waals surface area contributed by atoms with Crippen molar-refractivity contribution in [2.24, 2.45) is 0 Å². The second-order valence-corrected chi connectivity index (χ2v) is 6.70. The summed E-state index contributed by atoms with van der Waals surface area (Å²) in [5.74, 6) is -0.484. The molecule has 0 atom stereocenters. The number of aromatic nitrogens is 1. The normalized spacial score (nSPS) is 10.8. The molecule has 0 spiro atoms. The van der Waals surface area contributed by atoms with Gasteiger partial charge < -0.3 is 0 Å². The first-order valence-corrected chi connectivity index (χ1v) is 8.25. The van der Waals surface area contributed by atoms with Gasteiger partial charge in [0.2, 0.25) is 0 Å². The van der Waals surface area contributed by atoms with Crippen LogP contribution in [-0.4, -0.2) is 15.8 Å². The molecule has 24 heavy (non-hydrogen) atoms. The lowest BCUT2D eigenvalue weighted by Gasteiger charge is -2.05. The predicted octanol–water partition coefficient (Wildman–Crippen LogP) is 5.07. The molecule has 0 aliphatic rings. The highest BCUT2D eigenvalue weighted by atomic mass is 35.5. The number of carbonyl (C=O) groups excluding carboxylic acids is 1. The number of carbonyl (C=O) groups is 1. The Balaban J connectivity index is 1.96. The quantitative estimate of drug-likeness (QED) is 0.506. The summed E-state index contributed by atoms with van der Waals surface area (Å²) in [6.45, 7) is 1.53. The minimum absolute atomic E-state index is 0.113. The third kappa shape index (κ3) is 2.93. The Hall–Kier alpha value is -2.22. The van der Waals surface area contributed by atoms with Crippen molar-refractivity contribution >= 4 is 61.5 Å².